The Morgan fingerprint density at radius 2 is 1.81 bits per heavy atom. The smallest absolute Gasteiger partial charge is 0.253 e. The maximum Gasteiger partial charge on any atom is 0.253 e. The molecule has 1 aromatic heterocycles. The van der Waals surface area contributed by atoms with Crippen molar-refractivity contribution in [3.8, 4) is 0 Å². The molecule has 31 heavy (non-hydrogen) atoms. The van der Waals surface area contributed by atoms with Crippen LogP contribution in [-0.4, -0.2) is 47.1 Å². The van der Waals surface area contributed by atoms with Crippen LogP contribution in [0.15, 0.2) is 53.3 Å². The van der Waals surface area contributed by atoms with Gasteiger partial charge in [0.15, 0.2) is 5.11 Å². The summed E-state index contributed by atoms with van der Waals surface area (Å²) in [6, 6.07) is 16.5. The van der Waals surface area contributed by atoms with Gasteiger partial charge in [0.1, 0.15) is 0 Å². The molecule has 3 aromatic rings. The van der Waals surface area contributed by atoms with Gasteiger partial charge in [-0.1, -0.05) is 36.4 Å². The van der Waals surface area contributed by atoms with Gasteiger partial charge in [-0.05, 0) is 75.9 Å². The average Bonchev–Trinajstić information content (AvgIpc) is 2.71. The number of benzene rings is 2. The highest BCUT2D eigenvalue weighted by Crippen LogP contribution is 2.19. The van der Waals surface area contributed by atoms with E-state index in [0.717, 1.165) is 40.7 Å². The van der Waals surface area contributed by atoms with Crippen LogP contribution < -0.4 is 10.9 Å². The maximum absolute atomic E-state index is 12.8. The number of hydrogen-bond donors (Lipinski definition) is 2. The van der Waals surface area contributed by atoms with Crippen LogP contribution in [-0.2, 0) is 6.54 Å². The molecule has 0 aliphatic heterocycles. The number of H-pyrrole nitrogens is 1. The molecule has 3 rings (SSSR count). The minimum absolute atomic E-state index is 0.0636. The zero-order chi connectivity index (χ0) is 22.5. The second-order valence-corrected chi connectivity index (χ2v) is 8.86. The van der Waals surface area contributed by atoms with Gasteiger partial charge >= 0.3 is 0 Å². The first-order valence-electron chi connectivity index (χ1n) is 10.6. The number of nitrogens with one attached hydrogen (secondary N) is 2. The predicted molar refractivity (Wildman–Crippen MR) is 134 cm³/mol. The molecule has 0 amide bonds. The summed E-state index contributed by atoms with van der Waals surface area (Å²) in [5.41, 5.74) is 5.00. The third-order valence-corrected chi connectivity index (χ3v) is 5.87. The van der Waals surface area contributed by atoms with Gasteiger partial charge in [-0.2, -0.15) is 0 Å². The van der Waals surface area contributed by atoms with Crippen molar-refractivity contribution >= 4 is 28.2 Å². The van der Waals surface area contributed by atoms with Crippen molar-refractivity contribution in [1.29, 1.82) is 0 Å². The van der Waals surface area contributed by atoms with Crippen LogP contribution in [0.3, 0.4) is 0 Å². The molecule has 1 atom stereocenters. The second-order valence-electron chi connectivity index (χ2n) is 8.47. The van der Waals surface area contributed by atoms with E-state index in [-0.39, 0.29) is 11.6 Å². The number of pyridine rings is 1. The lowest BCUT2D eigenvalue weighted by Crippen LogP contribution is -2.44. The quantitative estimate of drug-likeness (QED) is 0.545. The molecule has 0 saturated carbocycles. The molecule has 164 valence electrons. The lowest BCUT2D eigenvalue weighted by molar-refractivity contribution is 0.320. The highest BCUT2D eigenvalue weighted by molar-refractivity contribution is 7.80. The summed E-state index contributed by atoms with van der Waals surface area (Å²) in [5.74, 6) is 0. The number of aromatic amines is 1. The van der Waals surface area contributed by atoms with Crippen LogP contribution in [0.1, 0.15) is 35.2 Å². The topological polar surface area (TPSA) is 51.4 Å². The number of likely N-dealkylation sites (N-methyl/N-ethyl adjacent to an activating group) is 1. The second kappa shape index (κ2) is 10.1. The van der Waals surface area contributed by atoms with E-state index in [4.69, 9.17) is 12.2 Å². The summed E-state index contributed by atoms with van der Waals surface area (Å²) in [6.45, 7) is 8.24. The van der Waals surface area contributed by atoms with E-state index >= 15 is 0 Å². The number of aryl methyl sites for hydroxylation is 2. The number of rotatable bonds is 7. The van der Waals surface area contributed by atoms with E-state index in [1.54, 1.807) is 0 Å². The molecule has 1 heterocycles. The van der Waals surface area contributed by atoms with Crippen LogP contribution in [0, 0.1) is 13.8 Å². The summed E-state index contributed by atoms with van der Waals surface area (Å²) in [7, 11) is 4.07. The van der Waals surface area contributed by atoms with E-state index in [0.29, 0.717) is 11.7 Å². The Labute approximate surface area is 190 Å². The van der Waals surface area contributed by atoms with Crippen LogP contribution in [0.2, 0.25) is 0 Å². The van der Waals surface area contributed by atoms with E-state index < -0.39 is 0 Å². The van der Waals surface area contributed by atoms with Crippen molar-refractivity contribution in [2.24, 2.45) is 0 Å². The molecule has 6 heteroatoms. The summed E-state index contributed by atoms with van der Waals surface area (Å²) in [5, 5.41) is 5.17. The van der Waals surface area contributed by atoms with Crippen LogP contribution in [0.5, 0.6) is 0 Å². The molecule has 0 aliphatic rings. The largest absolute Gasteiger partial charge is 0.356 e. The SMILES string of the molecule is Cc1cc(C)c2cc(CN(CCN(C)C)C(=S)N[C@H](C)c3ccccc3)c(=O)[nH]c2c1. The van der Waals surface area contributed by atoms with Crippen molar-refractivity contribution in [2.75, 3.05) is 27.2 Å². The fourth-order valence-electron chi connectivity index (χ4n) is 3.71. The molecule has 0 saturated heterocycles. The first-order valence-corrected chi connectivity index (χ1v) is 11.0. The summed E-state index contributed by atoms with van der Waals surface area (Å²) in [4.78, 5) is 20.1. The molecule has 2 aromatic carbocycles. The minimum Gasteiger partial charge on any atom is -0.356 e. The maximum atomic E-state index is 12.8. The summed E-state index contributed by atoms with van der Waals surface area (Å²) < 4.78 is 0. The molecule has 0 radical (unpaired) electrons. The lowest BCUT2D eigenvalue weighted by atomic mass is 10.0. The number of nitrogens with zero attached hydrogens (tertiary/aromatic N) is 2. The van der Waals surface area contributed by atoms with E-state index in [9.17, 15) is 4.79 Å². The zero-order valence-corrected chi connectivity index (χ0v) is 19.8. The molecular weight excluding hydrogens is 404 g/mol. The summed E-state index contributed by atoms with van der Waals surface area (Å²) >= 11 is 5.77. The molecule has 0 bridgehead atoms. The monoisotopic (exact) mass is 436 g/mol. The average molecular weight is 437 g/mol. The van der Waals surface area contributed by atoms with Gasteiger partial charge in [-0.25, -0.2) is 0 Å². The van der Waals surface area contributed by atoms with Gasteiger partial charge in [0.2, 0.25) is 0 Å². The van der Waals surface area contributed by atoms with E-state index in [1.807, 2.05) is 51.4 Å². The van der Waals surface area contributed by atoms with Crippen molar-refractivity contribution in [3.63, 3.8) is 0 Å². The first kappa shape index (κ1) is 23.0. The third kappa shape index (κ3) is 5.93. The van der Waals surface area contributed by atoms with Gasteiger partial charge in [0.05, 0.1) is 12.6 Å². The Kier molecular flexibility index (Phi) is 7.46. The Balaban J connectivity index is 1.86. The predicted octanol–water partition coefficient (Wildman–Crippen LogP) is 4.14. The first-order chi connectivity index (χ1) is 14.7. The fraction of sp³-hybridized carbons (Fsp3) is 0.360. The number of hydrogen-bond acceptors (Lipinski definition) is 3. The molecule has 2 N–H and O–H groups in total. The van der Waals surface area contributed by atoms with E-state index in [1.165, 1.54) is 5.56 Å². The molecule has 5 nitrogen and oxygen atoms in total. The van der Waals surface area contributed by atoms with Crippen LogP contribution in [0.25, 0.3) is 10.9 Å². The highest BCUT2D eigenvalue weighted by Gasteiger charge is 2.16. The molecule has 0 fully saturated rings. The minimum atomic E-state index is -0.0636. The van der Waals surface area contributed by atoms with Crippen molar-refractivity contribution in [1.82, 2.24) is 20.1 Å². The van der Waals surface area contributed by atoms with Crippen molar-refractivity contribution in [3.05, 3.63) is 81.1 Å². The van der Waals surface area contributed by atoms with E-state index in [2.05, 4.69) is 52.1 Å². The van der Waals surface area contributed by atoms with Crippen LogP contribution >= 0.6 is 12.2 Å². The molecule has 0 unspecified atom stereocenters. The van der Waals surface area contributed by atoms with Gasteiger partial charge in [0.25, 0.3) is 5.56 Å². The molecule has 0 aliphatic carbocycles. The Morgan fingerprint density at radius 3 is 2.48 bits per heavy atom. The Morgan fingerprint density at radius 1 is 1.10 bits per heavy atom. The fourth-order valence-corrected chi connectivity index (χ4v) is 4.05. The highest BCUT2D eigenvalue weighted by atomic mass is 32.1. The molecular formula is C25H32N4OS. The van der Waals surface area contributed by atoms with Gasteiger partial charge < -0.3 is 20.1 Å². The lowest BCUT2D eigenvalue weighted by Gasteiger charge is -2.29. The number of fused-ring (bicyclic) bond motifs is 1. The summed E-state index contributed by atoms with van der Waals surface area (Å²) in [6.07, 6.45) is 0. The third-order valence-electron chi connectivity index (χ3n) is 5.49. The number of aromatic nitrogens is 1. The standard InChI is InChI=1S/C25H32N4OS/c1-17-13-18(2)22-15-21(24(30)27-23(22)14-17)16-29(12-11-28(4)5)25(31)26-19(3)20-9-7-6-8-10-20/h6-10,13-15,19H,11-12,16H2,1-5H3,(H,26,31)(H,27,30)/t19-/m1/s1. The Hall–Kier alpha value is -2.70. The van der Waals surface area contributed by atoms with Crippen LogP contribution in [0.4, 0.5) is 0 Å². The van der Waals surface area contributed by atoms with Gasteiger partial charge in [0, 0.05) is 29.6 Å². The van der Waals surface area contributed by atoms with Crippen molar-refractivity contribution in [2.45, 2.75) is 33.4 Å². The van der Waals surface area contributed by atoms with Crippen molar-refractivity contribution < 1.29 is 0 Å². The number of thiocarbonyl (C=S) groups is 1. The normalized spacial score (nSPS) is 12.2. The van der Waals surface area contributed by atoms with Gasteiger partial charge in [-0.15, -0.1) is 0 Å². The Bertz CT molecular complexity index is 1110. The van der Waals surface area contributed by atoms with Gasteiger partial charge in [-0.3, -0.25) is 4.79 Å². The zero-order valence-electron chi connectivity index (χ0n) is 19.0. The molecule has 0 spiro atoms.